The Hall–Kier alpha value is -0.920. The first-order valence-corrected chi connectivity index (χ1v) is 8.42. The van der Waals surface area contributed by atoms with Crippen LogP contribution in [0.1, 0.15) is 17.4 Å². The predicted octanol–water partition coefficient (Wildman–Crippen LogP) is 2.57. The van der Waals surface area contributed by atoms with E-state index in [0.717, 1.165) is 10.4 Å². The monoisotopic (exact) mass is 305 g/mol. The molecule has 2 aromatic rings. The first-order chi connectivity index (χ1) is 8.34. The van der Waals surface area contributed by atoms with Crippen molar-refractivity contribution in [1.82, 2.24) is 14.8 Å². The molecule has 0 bridgehead atoms. The maximum absolute atomic E-state index is 11.4. The molecule has 5 nitrogen and oxygen atoms in total. The van der Waals surface area contributed by atoms with Gasteiger partial charge in [-0.1, -0.05) is 0 Å². The number of halogens is 1. The molecule has 0 N–H and O–H groups in total. The molecule has 0 radical (unpaired) electrons. The Kier molecular flexibility index (Phi) is 3.48. The average Bonchev–Trinajstić information content (AvgIpc) is 2.82. The summed E-state index contributed by atoms with van der Waals surface area (Å²) in [6, 6.07) is 1.97. The Morgan fingerprint density at radius 2 is 2.06 bits per heavy atom. The molecule has 0 fully saturated rings. The molecule has 0 amide bonds. The van der Waals surface area contributed by atoms with Crippen molar-refractivity contribution in [2.45, 2.75) is 32.5 Å². The van der Waals surface area contributed by atoms with Crippen LogP contribution in [0.25, 0.3) is 10.7 Å². The molecule has 0 unspecified atom stereocenters. The van der Waals surface area contributed by atoms with Crippen LogP contribution in [0.3, 0.4) is 0 Å². The third-order valence-corrected chi connectivity index (χ3v) is 4.94. The second-order valence-electron chi connectivity index (χ2n) is 3.84. The molecule has 0 saturated heterocycles. The quantitative estimate of drug-likeness (QED) is 0.818. The molecule has 2 heterocycles. The summed E-state index contributed by atoms with van der Waals surface area (Å²) in [5.41, 5.74) is 1.15. The molecule has 0 saturated carbocycles. The number of nitrogens with zero attached hydrogens (tertiary/aromatic N) is 3. The van der Waals surface area contributed by atoms with Crippen LogP contribution in [-0.4, -0.2) is 23.2 Å². The zero-order valence-electron chi connectivity index (χ0n) is 10.1. The van der Waals surface area contributed by atoms with Crippen molar-refractivity contribution in [3.63, 3.8) is 0 Å². The van der Waals surface area contributed by atoms with Crippen molar-refractivity contribution < 1.29 is 8.42 Å². The van der Waals surface area contributed by atoms with Gasteiger partial charge in [-0.15, -0.1) is 21.5 Å². The summed E-state index contributed by atoms with van der Waals surface area (Å²) < 4.78 is 24.3. The Balaban J connectivity index is 2.63. The lowest BCUT2D eigenvalue weighted by atomic mass is 10.3. The lowest BCUT2D eigenvalue weighted by Crippen LogP contribution is -2.05. The zero-order chi connectivity index (χ0) is 13.5. The first kappa shape index (κ1) is 13.5. The van der Waals surface area contributed by atoms with Crippen molar-refractivity contribution in [3.8, 4) is 10.7 Å². The lowest BCUT2D eigenvalue weighted by molar-refractivity contribution is 0.583. The van der Waals surface area contributed by atoms with Crippen LogP contribution in [0.2, 0.25) is 0 Å². The second-order valence-corrected chi connectivity index (χ2v) is 7.55. The van der Waals surface area contributed by atoms with E-state index < -0.39 is 9.05 Å². The Morgan fingerprint density at radius 1 is 1.39 bits per heavy atom. The van der Waals surface area contributed by atoms with Gasteiger partial charge in [-0.3, -0.25) is 4.57 Å². The van der Waals surface area contributed by atoms with Gasteiger partial charge in [-0.05, 0) is 32.4 Å². The van der Waals surface area contributed by atoms with Crippen molar-refractivity contribution in [3.05, 3.63) is 16.5 Å². The van der Waals surface area contributed by atoms with E-state index in [1.165, 1.54) is 9.44 Å². The predicted molar refractivity (Wildman–Crippen MR) is 71.5 cm³/mol. The molecule has 0 aliphatic heterocycles. The van der Waals surface area contributed by atoms with Crippen LogP contribution in [0.4, 0.5) is 0 Å². The molecular formula is C10H12ClN3O2S2. The van der Waals surface area contributed by atoms with Crippen LogP contribution in [-0.2, 0) is 15.6 Å². The summed E-state index contributed by atoms with van der Waals surface area (Å²) in [7, 11) is 1.46. The number of rotatable bonds is 3. The van der Waals surface area contributed by atoms with Crippen LogP contribution < -0.4 is 0 Å². The molecule has 0 aliphatic carbocycles. The Morgan fingerprint density at radius 3 is 2.50 bits per heavy atom. The summed E-state index contributed by atoms with van der Waals surface area (Å²) >= 11 is 1.56. The highest BCUT2D eigenvalue weighted by Gasteiger charge is 2.23. The van der Waals surface area contributed by atoms with Gasteiger partial charge in [0.2, 0.25) is 0 Å². The molecule has 0 aliphatic rings. The largest absolute Gasteiger partial charge is 0.296 e. The summed E-state index contributed by atoms with van der Waals surface area (Å²) in [6.45, 7) is 6.28. The summed E-state index contributed by atoms with van der Waals surface area (Å²) in [5, 5.41) is 7.41. The van der Waals surface area contributed by atoms with Crippen molar-refractivity contribution in [2.75, 3.05) is 0 Å². The van der Waals surface area contributed by atoms with Crippen LogP contribution in [0.5, 0.6) is 0 Å². The number of aromatic nitrogens is 3. The maximum atomic E-state index is 11.4. The van der Waals surface area contributed by atoms with E-state index in [0.29, 0.717) is 12.4 Å². The van der Waals surface area contributed by atoms with E-state index in [-0.39, 0.29) is 5.16 Å². The van der Waals surface area contributed by atoms with Gasteiger partial charge in [0, 0.05) is 22.1 Å². The van der Waals surface area contributed by atoms with Gasteiger partial charge in [0.25, 0.3) is 14.2 Å². The van der Waals surface area contributed by atoms with E-state index in [4.69, 9.17) is 10.7 Å². The van der Waals surface area contributed by atoms with Crippen LogP contribution >= 0.6 is 22.0 Å². The smallest absolute Gasteiger partial charge is 0.296 e. The fraction of sp³-hybridized carbons (Fsp3) is 0.400. The fourth-order valence-corrected chi connectivity index (χ4v) is 3.61. The molecule has 8 heteroatoms. The molecule has 0 atom stereocenters. The molecule has 18 heavy (non-hydrogen) atoms. The minimum absolute atomic E-state index is 0.203. The Labute approximate surface area is 114 Å². The fourth-order valence-electron chi connectivity index (χ4n) is 1.62. The summed E-state index contributed by atoms with van der Waals surface area (Å²) in [4.78, 5) is 2.07. The third kappa shape index (κ3) is 2.30. The number of thiophene rings is 1. The molecule has 0 spiro atoms. The highest BCUT2D eigenvalue weighted by atomic mass is 35.7. The third-order valence-electron chi connectivity index (χ3n) is 2.64. The number of hydrogen-bond acceptors (Lipinski definition) is 5. The zero-order valence-corrected chi connectivity index (χ0v) is 12.5. The minimum atomic E-state index is -3.87. The molecule has 98 valence electrons. The standard InChI is InChI=1S/C10H12ClN3O2S2/c1-4-14-9(8-5-6(2)7(3)17-8)12-13-10(14)18(11,15)16/h5H,4H2,1-3H3. The van der Waals surface area contributed by atoms with Crippen molar-refractivity contribution >= 4 is 31.1 Å². The van der Waals surface area contributed by atoms with E-state index in [1.807, 2.05) is 26.8 Å². The van der Waals surface area contributed by atoms with Gasteiger partial charge in [0.05, 0.1) is 4.88 Å². The van der Waals surface area contributed by atoms with E-state index in [2.05, 4.69) is 10.2 Å². The highest BCUT2D eigenvalue weighted by Crippen LogP contribution is 2.31. The average molecular weight is 306 g/mol. The van der Waals surface area contributed by atoms with E-state index in [9.17, 15) is 8.42 Å². The van der Waals surface area contributed by atoms with E-state index >= 15 is 0 Å². The summed E-state index contributed by atoms with van der Waals surface area (Å²) in [6.07, 6.45) is 0. The van der Waals surface area contributed by atoms with Gasteiger partial charge < -0.3 is 0 Å². The topological polar surface area (TPSA) is 64.8 Å². The molecular weight excluding hydrogens is 294 g/mol. The van der Waals surface area contributed by atoms with Crippen molar-refractivity contribution in [1.29, 1.82) is 0 Å². The number of aryl methyl sites for hydroxylation is 2. The SMILES string of the molecule is CCn1c(-c2cc(C)c(C)s2)nnc1S(=O)(=O)Cl. The first-order valence-electron chi connectivity index (χ1n) is 5.30. The normalized spacial score (nSPS) is 12.0. The van der Waals surface area contributed by atoms with E-state index in [1.54, 1.807) is 11.3 Å². The Bertz CT molecular complexity index is 669. The van der Waals surface area contributed by atoms with Crippen molar-refractivity contribution in [2.24, 2.45) is 0 Å². The van der Waals surface area contributed by atoms with Crippen LogP contribution in [0.15, 0.2) is 11.2 Å². The van der Waals surface area contributed by atoms with Crippen LogP contribution in [0, 0.1) is 13.8 Å². The van der Waals surface area contributed by atoms with Gasteiger partial charge >= 0.3 is 0 Å². The van der Waals surface area contributed by atoms with Gasteiger partial charge in [0.1, 0.15) is 0 Å². The lowest BCUT2D eigenvalue weighted by Gasteiger charge is -2.03. The maximum Gasteiger partial charge on any atom is 0.296 e. The number of hydrogen-bond donors (Lipinski definition) is 0. The second kappa shape index (κ2) is 4.64. The van der Waals surface area contributed by atoms with Gasteiger partial charge in [0.15, 0.2) is 5.82 Å². The minimum Gasteiger partial charge on any atom is -0.296 e. The molecule has 2 aromatic heterocycles. The molecule has 0 aromatic carbocycles. The molecule has 2 rings (SSSR count). The summed E-state index contributed by atoms with van der Waals surface area (Å²) in [5.74, 6) is 0.540. The highest BCUT2D eigenvalue weighted by molar-refractivity contribution is 8.13. The van der Waals surface area contributed by atoms with Gasteiger partial charge in [-0.25, -0.2) is 8.42 Å². The van der Waals surface area contributed by atoms with Gasteiger partial charge in [-0.2, -0.15) is 0 Å².